The summed E-state index contributed by atoms with van der Waals surface area (Å²) in [5.74, 6) is -0.780. The van der Waals surface area contributed by atoms with E-state index in [4.69, 9.17) is 9.15 Å². The number of ether oxygens (including phenoxy) is 1. The maximum Gasteiger partial charge on any atom is 0.419 e. The summed E-state index contributed by atoms with van der Waals surface area (Å²) >= 11 is 0. The SMILES string of the molecule is Cn1c(=O)oc2ccc(-c3ccc(C[C@@H](C#N)NC(=O)[C@@H]4CNCC[C@@H](O)CO4)cc3)cc21. The number of rotatable bonds is 5. The quantitative estimate of drug-likeness (QED) is 0.531. The Hall–Kier alpha value is -3.45. The number of nitrogens with zero attached hydrogens (tertiary/aromatic N) is 2. The van der Waals surface area contributed by atoms with Crippen molar-refractivity contribution < 1.29 is 19.1 Å². The molecule has 1 aromatic heterocycles. The van der Waals surface area contributed by atoms with Gasteiger partial charge < -0.3 is 24.9 Å². The average molecular weight is 450 g/mol. The van der Waals surface area contributed by atoms with Crippen LogP contribution in [0, 0.1) is 11.3 Å². The third-order valence-electron chi connectivity index (χ3n) is 5.76. The van der Waals surface area contributed by atoms with E-state index in [1.54, 1.807) is 13.1 Å². The van der Waals surface area contributed by atoms with Gasteiger partial charge in [0.15, 0.2) is 5.58 Å². The lowest BCUT2D eigenvalue weighted by Crippen LogP contribution is -2.49. The molecule has 172 valence electrons. The second kappa shape index (κ2) is 10.0. The van der Waals surface area contributed by atoms with Crippen molar-refractivity contribution >= 4 is 17.0 Å². The molecular weight excluding hydrogens is 424 g/mol. The van der Waals surface area contributed by atoms with Crippen LogP contribution in [-0.2, 0) is 23.0 Å². The van der Waals surface area contributed by atoms with Crippen molar-refractivity contribution in [1.82, 2.24) is 15.2 Å². The predicted octanol–water partition coefficient (Wildman–Crippen LogP) is 1.09. The van der Waals surface area contributed by atoms with E-state index in [1.165, 1.54) is 4.57 Å². The molecule has 2 heterocycles. The highest BCUT2D eigenvalue weighted by atomic mass is 16.5. The zero-order valence-corrected chi connectivity index (χ0v) is 18.3. The fraction of sp³-hybridized carbons (Fsp3) is 0.375. The topological polar surface area (TPSA) is 130 Å². The van der Waals surface area contributed by atoms with Gasteiger partial charge in [-0.2, -0.15) is 5.26 Å². The first-order valence-electron chi connectivity index (χ1n) is 10.8. The van der Waals surface area contributed by atoms with Gasteiger partial charge >= 0.3 is 5.76 Å². The normalized spacial score (nSPS) is 19.9. The minimum absolute atomic E-state index is 0.0945. The lowest BCUT2D eigenvalue weighted by atomic mass is 10.0. The summed E-state index contributed by atoms with van der Waals surface area (Å²) in [6, 6.07) is 14.7. The third-order valence-corrected chi connectivity index (χ3v) is 5.76. The van der Waals surface area contributed by atoms with Crippen LogP contribution >= 0.6 is 0 Å². The number of hydrogen-bond donors (Lipinski definition) is 3. The summed E-state index contributed by atoms with van der Waals surface area (Å²) < 4.78 is 12.1. The van der Waals surface area contributed by atoms with Crippen molar-refractivity contribution in [1.29, 1.82) is 5.26 Å². The number of carbonyl (C=O) groups excluding carboxylic acids is 1. The van der Waals surface area contributed by atoms with Crippen LogP contribution in [-0.4, -0.2) is 53.5 Å². The Labute approximate surface area is 190 Å². The second-order valence-electron chi connectivity index (χ2n) is 8.17. The fourth-order valence-corrected chi connectivity index (χ4v) is 3.81. The van der Waals surface area contributed by atoms with Crippen molar-refractivity contribution in [3.63, 3.8) is 0 Å². The second-order valence-corrected chi connectivity index (χ2v) is 8.17. The first kappa shape index (κ1) is 22.7. The lowest BCUT2D eigenvalue weighted by Gasteiger charge is -2.24. The van der Waals surface area contributed by atoms with Crippen molar-refractivity contribution in [2.24, 2.45) is 7.05 Å². The molecule has 2 aromatic carbocycles. The lowest BCUT2D eigenvalue weighted by molar-refractivity contribution is -0.135. The van der Waals surface area contributed by atoms with Crippen LogP contribution in [0.2, 0.25) is 0 Å². The van der Waals surface area contributed by atoms with Gasteiger partial charge in [-0.05, 0) is 41.8 Å². The molecule has 9 heteroatoms. The van der Waals surface area contributed by atoms with Gasteiger partial charge in [0.2, 0.25) is 0 Å². The van der Waals surface area contributed by atoms with Crippen LogP contribution in [0.5, 0.6) is 0 Å². The fourth-order valence-electron chi connectivity index (χ4n) is 3.81. The van der Waals surface area contributed by atoms with Crippen molar-refractivity contribution in [3.05, 3.63) is 58.6 Å². The van der Waals surface area contributed by atoms with Crippen molar-refractivity contribution in [2.75, 3.05) is 19.7 Å². The Balaban J connectivity index is 1.41. The highest BCUT2D eigenvalue weighted by Crippen LogP contribution is 2.24. The summed E-state index contributed by atoms with van der Waals surface area (Å²) in [5, 5.41) is 25.1. The number of benzene rings is 2. The highest BCUT2D eigenvalue weighted by Gasteiger charge is 2.24. The number of aliphatic hydroxyl groups excluding tert-OH is 1. The Bertz CT molecular complexity index is 1220. The molecule has 1 fully saturated rings. The molecule has 1 aliphatic rings. The zero-order chi connectivity index (χ0) is 23.4. The van der Waals surface area contributed by atoms with Gasteiger partial charge in [0, 0.05) is 20.0 Å². The molecule has 1 aliphatic heterocycles. The summed E-state index contributed by atoms with van der Waals surface area (Å²) in [5.41, 5.74) is 4.04. The van der Waals surface area contributed by atoms with Crippen molar-refractivity contribution in [3.8, 4) is 17.2 Å². The van der Waals surface area contributed by atoms with E-state index < -0.39 is 24.0 Å². The monoisotopic (exact) mass is 450 g/mol. The van der Waals surface area contributed by atoms with E-state index in [0.717, 1.165) is 16.7 Å². The Morgan fingerprint density at radius 2 is 2.06 bits per heavy atom. The highest BCUT2D eigenvalue weighted by molar-refractivity contribution is 5.82. The minimum Gasteiger partial charge on any atom is -0.408 e. The van der Waals surface area contributed by atoms with E-state index in [2.05, 4.69) is 16.7 Å². The van der Waals surface area contributed by atoms with E-state index >= 15 is 0 Å². The number of hydrogen-bond acceptors (Lipinski definition) is 7. The zero-order valence-electron chi connectivity index (χ0n) is 18.3. The van der Waals surface area contributed by atoms with Gasteiger partial charge in [-0.15, -0.1) is 0 Å². The van der Waals surface area contributed by atoms with Gasteiger partial charge in [-0.25, -0.2) is 4.79 Å². The predicted molar refractivity (Wildman–Crippen MR) is 121 cm³/mol. The molecule has 0 unspecified atom stereocenters. The molecule has 9 nitrogen and oxygen atoms in total. The van der Waals surface area contributed by atoms with Gasteiger partial charge in [0.1, 0.15) is 12.1 Å². The smallest absolute Gasteiger partial charge is 0.408 e. The number of amides is 1. The molecule has 1 amide bonds. The molecule has 4 rings (SSSR count). The van der Waals surface area contributed by atoms with Crippen LogP contribution in [0.3, 0.4) is 0 Å². The number of aromatic nitrogens is 1. The molecule has 1 saturated heterocycles. The van der Waals surface area contributed by atoms with Crippen LogP contribution in [0.25, 0.3) is 22.2 Å². The number of nitrogens with one attached hydrogen (secondary N) is 2. The standard InChI is InChI=1S/C24H26N4O5/c1-28-20-11-17(6-7-21(20)33-24(28)31)16-4-2-15(3-5-16)10-18(12-25)27-23(30)22-13-26-9-8-19(29)14-32-22/h2-7,11,18-19,22,26,29H,8-10,13-14H2,1H3,(H,27,30)/t18-,19+,22-/m0/s1. The minimum atomic E-state index is -0.757. The summed E-state index contributed by atoms with van der Waals surface area (Å²) in [7, 11) is 1.66. The Morgan fingerprint density at radius 3 is 2.82 bits per heavy atom. The van der Waals surface area contributed by atoms with Gasteiger partial charge in [0.25, 0.3) is 5.91 Å². The van der Waals surface area contributed by atoms with Crippen molar-refractivity contribution in [2.45, 2.75) is 31.1 Å². The number of fused-ring (bicyclic) bond motifs is 1. The van der Waals surface area contributed by atoms with Gasteiger partial charge in [0.05, 0.1) is 24.3 Å². The summed E-state index contributed by atoms with van der Waals surface area (Å²) in [6.45, 7) is 1.03. The number of nitriles is 1. The van der Waals surface area contributed by atoms with Crippen LogP contribution in [0.4, 0.5) is 0 Å². The Kier molecular flexibility index (Phi) is 6.89. The van der Waals surface area contributed by atoms with Gasteiger partial charge in [-0.3, -0.25) is 9.36 Å². The molecule has 3 N–H and O–H groups in total. The number of aryl methyl sites for hydroxylation is 1. The first-order valence-corrected chi connectivity index (χ1v) is 10.8. The van der Waals surface area contributed by atoms with Crippen LogP contribution in [0.1, 0.15) is 12.0 Å². The third kappa shape index (κ3) is 5.31. The van der Waals surface area contributed by atoms with E-state index in [9.17, 15) is 20.0 Å². The first-order chi connectivity index (χ1) is 15.9. The van der Waals surface area contributed by atoms with Gasteiger partial charge in [-0.1, -0.05) is 30.3 Å². The average Bonchev–Trinajstić information content (AvgIpc) is 3.09. The number of oxazole rings is 1. The molecular formula is C24H26N4O5. The molecule has 3 atom stereocenters. The maximum absolute atomic E-state index is 12.6. The molecule has 0 spiro atoms. The summed E-state index contributed by atoms with van der Waals surface area (Å²) in [6.07, 6.45) is -0.454. The molecule has 0 radical (unpaired) electrons. The number of aliphatic hydroxyl groups is 1. The molecule has 33 heavy (non-hydrogen) atoms. The molecule has 0 bridgehead atoms. The molecule has 3 aromatic rings. The Morgan fingerprint density at radius 1 is 1.30 bits per heavy atom. The van der Waals surface area contributed by atoms with E-state index in [-0.39, 0.29) is 12.5 Å². The van der Waals surface area contributed by atoms with E-state index in [1.807, 2.05) is 36.4 Å². The van der Waals surface area contributed by atoms with Crippen LogP contribution < -0.4 is 16.4 Å². The number of carbonyl (C=O) groups is 1. The van der Waals surface area contributed by atoms with Crippen LogP contribution in [0.15, 0.2) is 51.7 Å². The van der Waals surface area contributed by atoms with E-state index in [0.29, 0.717) is 37.0 Å². The molecule has 0 saturated carbocycles. The maximum atomic E-state index is 12.6. The summed E-state index contributed by atoms with van der Waals surface area (Å²) in [4.78, 5) is 24.3. The molecule has 0 aliphatic carbocycles. The largest absolute Gasteiger partial charge is 0.419 e.